The first kappa shape index (κ1) is 18.8. The lowest BCUT2D eigenvalue weighted by Gasteiger charge is -2.40. The number of anilines is 1. The number of carbonyl (C=O) groups is 1. The second-order valence-electron chi connectivity index (χ2n) is 7.97. The van der Waals surface area contributed by atoms with E-state index < -0.39 is 11.8 Å². The van der Waals surface area contributed by atoms with Crippen LogP contribution in [0, 0.1) is 11.3 Å². The maximum atomic E-state index is 13.1. The summed E-state index contributed by atoms with van der Waals surface area (Å²) < 4.78 is 0. The molecule has 0 amide bonds. The van der Waals surface area contributed by atoms with E-state index >= 15 is 0 Å². The number of H-pyrrole nitrogens is 1. The molecule has 3 N–H and O–H groups in total. The molecule has 1 aliphatic carbocycles. The largest absolute Gasteiger partial charge is 0.508 e. The van der Waals surface area contributed by atoms with E-state index in [0.29, 0.717) is 23.0 Å². The summed E-state index contributed by atoms with van der Waals surface area (Å²) in [5, 5.41) is 13.8. The van der Waals surface area contributed by atoms with Gasteiger partial charge < -0.3 is 15.4 Å². The predicted molar refractivity (Wildman–Crippen MR) is 110 cm³/mol. The van der Waals surface area contributed by atoms with E-state index in [2.05, 4.69) is 21.4 Å². The van der Waals surface area contributed by atoms with Crippen molar-refractivity contribution in [3.63, 3.8) is 0 Å². The highest BCUT2D eigenvalue weighted by molar-refractivity contribution is 7.99. The van der Waals surface area contributed by atoms with Gasteiger partial charge >= 0.3 is 0 Å². The van der Waals surface area contributed by atoms with E-state index in [0.717, 1.165) is 17.0 Å². The van der Waals surface area contributed by atoms with Crippen molar-refractivity contribution in [2.75, 3.05) is 11.1 Å². The summed E-state index contributed by atoms with van der Waals surface area (Å²) >= 11 is 1.46. The third-order valence-electron chi connectivity index (χ3n) is 5.21. The lowest BCUT2D eigenvalue weighted by Crippen LogP contribution is -2.41. The number of carbonyl (C=O) groups excluding carboxylic acids is 1. The van der Waals surface area contributed by atoms with Crippen LogP contribution in [-0.4, -0.2) is 26.6 Å². The molecule has 1 aromatic heterocycles. The number of fused-ring (bicyclic) bond motifs is 2. The smallest absolute Gasteiger partial charge is 0.257 e. The van der Waals surface area contributed by atoms with E-state index in [-0.39, 0.29) is 22.5 Å². The Morgan fingerprint density at radius 3 is 2.79 bits per heavy atom. The first-order valence-corrected chi connectivity index (χ1v) is 10.4. The molecule has 2 heterocycles. The number of allylic oxidation sites excluding steroid dienone is 2. The van der Waals surface area contributed by atoms with Gasteiger partial charge in [-0.3, -0.25) is 9.59 Å². The predicted octanol–water partition coefficient (Wildman–Crippen LogP) is 3.64. The SMILES string of the molecule is CCSc1nc2c(c(=O)[nH]1)[C@@H](c1cccc(O)c1)[C@@H]1C(=O)CC(C)(C)C=C1N2. The van der Waals surface area contributed by atoms with Crippen LogP contribution in [0.4, 0.5) is 5.82 Å². The number of thioether (sulfide) groups is 1. The van der Waals surface area contributed by atoms with Crippen LogP contribution >= 0.6 is 11.8 Å². The molecule has 0 saturated heterocycles. The Balaban J connectivity index is 1.97. The second-order valence-corrected chi connectivity index (χ2v) is 9.23. The van der Waals surface area contributed by atoms with Crippen LogP contribution in [0.2, 0.25) is 0 Å². The molecule has 7 heteroatoms. The van der Waals surface area contributed by atoms with Gasteiger partial charge in [0, 0.05) is 18.0 Å². The number of aromatic amines is 1. The molecule has 146 valence electrons. The van der Waals surface area contributed by atoms with Crippen molar-refractivity contribution in [2.45, 2.75) is 38.3 Å². The van der Waals surface area contributed by atoms with Gasteiger partial charge in [-0.2, -0.15) is 0 Å². The fourth-order valence-corrected chi connectivity index (χ4v) is 4.80. The summed E-state index contributed by atoms with van der Waals surface area (Å²) in [6.07, 6.45) is 2.48. The van der Waals surface area contributed by atoms with Gasteiger partial charge in [0.1, 0.15) is 17.4 Å². The minimum absolute atomic E-state index is 0.0837. The van der Waals surface area contributed by atoms with Crippen molar-refractivity contribution >= 4 is 23.4 Å². The van der Waals surface area contributed by atoms with E-state index in [9.17, 15) is 14.7 Å². The zero-order valence-corrected chi connectivity index (χ0v) is 16.9. The number of aromatic nitrogens is 2. The molecule has 0 saturated carbocycles. The second kappa shape index (κ2) is 6.81. The maximum absolute atomic E-state index is 13.1. The third kappa shape index (κ3) is 3.24. The molecule has 0 spiro atoms. The zero-order valence-electron chi connectivity index (χ0n) is 16.1. The molecule has 2 atom stereocenters. The Bertz CT molecular complexity index is 1040. The van der Waals surface area contributed by atoms with Crippen LogP contribution in [0.15, 0.2) is 46.0 Å². The normalized spacial score (nSPS) is 22.7. The highest BCUT2D eigenvalue weighted by Gasteiger charge is 2.45. The highest BCUT2D eigenvalue weighted by Crippen LogP contribution is 2.48. The van der Waals surface area contributed by atoms with E-state index in [4.69, 9.17) is 0 Å². The van der Waals surface area contributed by atoms with Gasteiger partial charge in [-0.25, -0.2) is 4.98 Å². The van der Waals surface area contributed by atoms with Gasteiger partial charge in [0.25, 0.3) is 5.56 Å². The summed E-state index contributed by atoms with van der Waals surface area (Å²) in [4.78, 5) is 33.6. The fraction of sp³-hybridized carbons (Fsp3) is 0.381. The summed E-state index contributed by atoms with van der Waals surface area (Å²) in [7, 11) is 0. The number of nitrogens with zero attached hydrogens (tertiary/aromatic N) is 1. The van der Waals surface area contributed by atoms with Crippen LogP contribution in [0.3, 0.4) is 0 Å². The van der Waals surface area contributed by atoms with Crippen LogP contribution in [0.1, 0.15) is 44.2 Å². The van der Waals surface area contributed by atoms with E-state index in [1.165, 1.54) is 11.8 Å². The van der Waals surface area contributed by atoms with Gasteiger partial charge in [0.2, 0.25) is 0 Å². The molecule has 0 unspecified atom stereocenters. The lowest BCUT2D eigenvalue weighted by molar-refractivity contribution is -0.124. The number of rotatable bonds is 3. The van der Waals surface area contributed by atoms with Crippen molar-refractivity contribution in [1.29, 1.82) is 0 Å². The number of benzene rings is 1. The van der Waals surface area contributed by atoms with Gasteiger partial charge in [0.05, 0.1) is 11.5 Å². The average molecular weight is 398 g/mol. The number of Topliss-reactive ketones (excluding diaryl/α,β-unsaturated/α-hetero) is 1. The molecule has 2 aromatic rings. The van der Waals surface area contributed by atoms with Gasteiger partial charge in [-0.05, 0) is 28.9 Å². The quantitative estimate of drug-likeness (QED) is 0.541. The Labute approximate surface area is 167 Å². The number of nitrogens with one attached hydrogen (secondary N) is 2. The minimum Gasteiger partial charge on any atom is -0.508 e. The molecule has 28 heavy (non-hydrogen) atoms. The van der Waals surface area contributed by atoms with Crippen LogP contribution in [0.25, 0.3) is 0 Å². The number of hydrogen-bond acceptors (Lipinski definition) is 6. The monoisotopic (exact) mass is 397 g/mol. The molecule has 1 aromatic carbocycles. The lowest BCUT2D eigenvalue weighted by atomic mass is 9.67. The Kier molecular flexibility index (Phi) is 4.57. The van der Waals surface area contributed by atoms with Crippen molar-refractivity contribution in [3.05, 3.63) is 57.5 Å². The van der Waals surface area contributed by atoms with Gasteiger partial charge in [0.15, 0.2) is 5.16 Å². The first-order chi connectivity index (χ1) is 13.3. The summed E-state index contributed by atoms with van der Waals surface area (Å²) in [6.45, 7) is 6.05. The van der Waals surface area contributed by atoms with E-state index in [1.807, 2.05) is 26.8 Å². The van der Waals surface area contributed by atoms with Crippen LogP contribution in [0.5, 0.6) is 5.75 Å². The van der Waals surface area contributed by atoms with Crippen LogP contribution in [-0.2, 0) is 4.79 Å². The summed E-state index contributed by atoms with van der Waals surface area (Å²) in [6, 6.07) is 6.78. The van der Waals surface area contributed by atoms with Crippen molar-refractivity contribution < 1.29 is 9.90 Å². The molecule has 0 fully saturated rings. The Morgan fingerprint density at radius 2 is 2.07 bits per heavy atom. The molecule has 1 aliphatic heterocycles. The summed E-state index contributed by atoms with van der Waals surface area (Å²) in [5.74, 6) is 0.481. The molecular weight excluding hydrogens is 374 g/mol. The topological polar surface area (TPSA) is 95.1 Å². The van der Waals surface area contributed by atoms with E-state index in [1.54, 1.807) is 18.2 Å². The average Bonchev–Trinajstić information content (AvgIpc) is 2.59. The highest BCUT2D eigenvalue weighted by atomic mass is 32.2. The van der Waals surface area contributed by atoms with Crippen LogP contribution < -0.4 is 10.9 Å². The fourth-order valence-electron chi connectivity index (χ4n) is 4.20. The molecule has 0 bridgehead atoms. The standard InChI is InChI=1S/C21H23N3O3S/c1-4-28-20-23-18-17(19(27)24-20)15(11-6-5-7-12(25)8-11)16-13(22-18)9-21(2,3)10-14(16)26/h5-9,15-16,25H,4,10H2,1-3H3,(H2,22,23,24,27)/t15-,16-/m0/s1. The zero-order chi connectivity index (χ0) is 20.1. The number of phenolic OH excluding ortho intramolecular Hbond substituents is 1. The molecule has 4 rings (SSSR count). The molecular formula is C21H23N3O3S. The molecule has 2 aliphatic rings. The number of ketones is 1. The summed E-state index contributed by atoms with van der Waals surface area (Å²) in [5.41, 5.74) is 1.45. The number of phenols is 1. The Hall–Kier alpha value is -2.54. The van der Waals surface area contributed by atoms with Gasteiger partial charge in [-0.15, -0.1) is 0 Å². The van der Waals surface area contributed by atoms with Crippen molar-refractivity contribution in [2.24, 2.45) is 11.3 Å². The van der Waals surface area contributed by atoms with Gasteiger partial charge in [-0.1, -0.05) is 50.7 Å². The maximum Gasteiger partial charge on any atom is 0.257 e. The number of hydrogen-bond donors (Lipinski definition) is 3. The van der Waals surface area contributed by atoms with Crippen molar-refractivity contribution in [1.82, 2.24) is 9.97 Å². The first-order valence-electron chi connectivity index (χ1n) is 9.37. The minimum atomic E-state index is -0.491. The third-order valence-corrected chi connectivity index (χ3v) is 5.96. The van der Waals surface area contributed by atoms with Crippen molar-refractivity contribution in [3.8, 4) is 5.75 Å². The Morgan fingerprint density at radius 1 is 1.29 bits per heavy atom. The molecule has 6 nitrogen and oxygen atoms in total. The number of aromatic hydroxyl groups is 1. The molecule has 0 radical (unpaired) electrons.